The molecule has 208 valence electrons. The molecule has 2 aliphatic heterocycles. The van der Waals surface area contributed by atoms with Crippen molar-refractivity contribution < 1.29 is 32.9 Å². The predicted molar refractivity (Wildman–Crippen MR) is 141 cm³/mol. The largest absolute Gasteiger partial charge is 0.465 e. The van der Waals surface area contributed by atoms with Crippen molar-refractivity contribution in [2.24, 2.45) is 23.5 Å². The minimum absolute atomic E-state index is 0.0549. The highest BCUT2D eigenvalue weighted by Crippen LogP contribution is 2.44. The Morgan fingerprint density at radius 1 is 1.16 bits per heavy atom. The van der Waals surface area contributed by atoms with Crippen LogP contribution in [0, 0.1) is 17.8 Å². The first-order valence-corrected chi connectivity index (χ1v) is 14.3. The maximum atomic E-state index is 13.9. The van der Waals surface area contributed by atoms with Gasteiger partial charge in [0.05, 0.1) is 24.2 Å². The van der Waals surface area contributed by atoms with Gasteiger partial charge in [-0.3, -0.25) is 0 Å². The van der Waals surface area contributed by atoms with Crippen molar-refractivity contribution >= 4 is 16.1 Å². The van der Waals surface area contributed by atoms with Crippen LogP contribution >= 0.6 is 0 Å². The number of hydrogen-bond donors (Lipinski definition) is 4. The van der Waals surface area contributed by atoms with E-state index < -0.39 is 40.0 Å². The second-order valence-corrected chi connectivity index (χ2v) is 12.2. The molecule has 2 fully saturated rings. The van der Waals surface area contributed by atoms with Crippen molar-refractivity contribution in [1.29, 1.82) is 0 Å². The highest BCUT2D eigenvalue weighted by atomic mass is 32.2. The van der Waals surface area contributed by atoms with Crippen molar-refractivity contribution in [3.63, 3.8) is 0 Å². The number of nitrogens with zero attached hydrogens (tertiary/aromatic N) is 1. The molecule has 38 heavy (non-hydrogen) atoms. The number of nitrogens with two attached hydrogens (primary N) is 1. The molecule has 11 heteroatoms. The molecule has 2 saturated heterocycles. The van der Waals surface area contributed by atoms with Gasteiger partial charge in [0.15, 0.2) is 6.29 Å². The van der Waals surface area contributed by atoms with Gasteiger partial charge in [0.1, 0.15) is 5.60 Å². The van der Waals surface area contributed by atoms with Crippen LogP contribution in [0.25, 0.3) is 0 Å². The van der Waals surface area contributed by atoms with E-state index in [1.165, 1.54) is 16.4 Å². The first-order valence-electron chi connectivity index (χ1n) is 12.9. The quantitative estimate of drug-likeness (QED) is 0.315. The number of nitrogens with one attached hydrogen (secondary N) is 1. The summed E-state index contributed by atoms with van der Waals surface area (Å²) < 4.78 is 40.6. The fourth-order valence-electron chi connectivity index (χ4n) is 5.51. The summed E-state index contributed by atoms with van der Waals surface area (Å²) in [5.41, 5.74) is 4.86. The maximum absolute atomic E-state index is 13.9. The second-order valence-electron chi connectivity index (χ2n) is 10.3. The number of rotatable bonds is 12. The van der Waals surface area contributed by atoms with Crippen molar-refractivity contribution in [3.05, 3.63) is 66.2 Å². The van der Waals surface area contributed by atoms with Crippen LogP contribution in [0.1, 0.15) is 18.9 Å². The van der Waals surface area contributed by atoms with Crippen LogP contribution in [0.15, 0.2) is 65.6 Å². The summed E-state index contributed by atoms with van der Waals surface area (Å²) in [7, 11) is -4.06. The molecule has 0 aliphatic carbocycles. The summed E-state index contributed by atoms with van der Waals surface area (Å²) in [6.07, 6.45) is -1.05. The number of carboxylic acid groups (broad SMARTS) is 1. The Kier molecular flexibility index (Phi) is 9.07. The minimum atomic E-state index is -4.06. The first-order chi connectivity index (χ1) is 18.1. The molecule has 2 aromatic rings. The number of amides is 1. The van der Waals surface area contributed by atoms with E-state index >= 15 is 0 Å². The number of carbonyl (C=O) groups is 1. The fourth-order valence-corrected chi connectivity index (χ4v) is 7.14. The molecule has 4 unspecified atom stereocenters. The van der Waals surface area contributed by atoms with Crippen LogP contribution in [0.3, 0.4) is 0 Å². The van der Waals surface area contributed by atoms with Crippen molar-refractivity contribution in [3.8, 4) is 0 Å². The Morgan fingerprint density at radius 2 is 1.82 bits per heavy atom. The zero-order valence-electron chi connectivity index (χ0n) is 21.5. The molecular formula is C27H37N3O7S. The molecule has 6 atom stereocenters. The highest BCUT2D eigenvalue weighted by Gasteiger charge is 2.56. The monoisotopic (exact) mass is 547 g/mol. The van der Waals surface area contributed by atoms with Gasteiger partial charge in [-0.2, -0.15) is 4.31 Å². The molecular weight excluding hydrogens is 510 g/mol. The summed E-state index contributed by atoms with van der Waals surface area (Å²) in [6.45, 7) is 2.36. The van der Waals surface area contributed by atoms with Gasteiger partial charge in [-0.25, -0.2) is 13.2 Å². The third kappa shape index (κ3) is 6.19. The third-order valence-electron chi connectivity index (χ3n) is 7.59. The van der Waals surface area contributed by atoms with Crippen molar-refractivity contribution in [1.82, 2.24) is 9.62 Å². The van der Waals surface area contributed by atoms with Crippen LogP contribution in [-0.4, -0.2) is 79.8 Å². The van der Waals surface area contributed by atoms with E-state index in [1.54, 1.807) is 18.2 Å². The third-order valence-corrected chi connectivity index (χ3v) is 9.42. The molecule has 0 saturated carbocycles. The average molecular weight is 548 g/mol. The van der Waals surface area contributed by atoms with Crippen LogP contribution in [-0.2, 0) is 25.9 Å². The summed E-state index contributed by atoms with van der Waals surface area (Å²) >= 11 is 0. The van der Waals surface area contributed by atoms with Crippen molar-refractivity contribution in [2.75, 3.05) is 32.8 Å². The van der Waals surface area contributed by atoms with Crippen LogP contribution in [0.2, 0.25) is 0 Å². The van der Waals surface area contributed by atoms with Crippen LogP contribution in [0.5, 0.6) is 0 Å². The molecule has 2 aromatic carbocycles. The Balaban J connectivity index is 1.79. The lowest BCUT2D eigenvalue weighted by Crippen LogP contribution is -2.64. The number of aliphatic hydroxyl groups is 1. The number of fused-ring (bicyclic) bond motifs is 1. The Hall–Kier alpha value is -2.54. The van der Waals surface area contributed by atoms with Crippen LogP contribution in [0.4, 0.5) is 4.79 Å². The Morgan fingerprint density at radius 3 is 2.45 bits per heavy atom. The smallest absolute Gasteiger partial charge is 0.404 e. The Bertz CT molecular complexity index is 1170. The number of hydrogen-bond acceptors (Lipinski definition) is 7. The molecule has 0 radical (unpaired) electrons. The zero-order chi connectivity index (χ0) is 27.3. The van der Waals surface area contributed by atoms with Crippen LogP contribution < -0.4 is 11.1 Å². The maximum Gasteiger partial charge on any atom is 0.404 e. The second kappa shape index (κ2) is 12.1. The number of benzene rings is 2. The number of ether oxygens (including phenoxy) is 2. The topological polar surface area (TPSA) is 151 Å². The average Bonchev–Trinajstić information content (AvgIpc) is 3.53. The number of sulfonamides is 1. The Labute approximate surface area is 223 Å². The summed E-state index contributed by atoms with van der Waals surface area (Å²) in [4.78, 5) is 12.1. The van der Waals surface area contributed by atoms with Gasteiger partial charge in [-0.1, -0.05) is 55.5 Å². The molecule has 4 rings (SSSR count). The van der Waals surface area contributed by atoms with Crippen molar-refractivity contribution in [2.45, 2.75) is 42.6 Å². The van der Waals surface area contributed by atoms with Gasteiger partial charge in [0.25, 0.3) is 0 Å². The molecule has 5 N–H and O–H groups in total. The van der Waals surface area contributed by atoms with Gasteiger partial charge in [0.2, 0.25) is 10.0 Å². The van der Waals surface area contributed by atoms with E-state index in [2.05, 4.69) is 5.32 Å². The van der Waals surface area contributed by atoms with E-state index in [1.807, 2.05) is 37.3 Å². The lowest BCUT2D eigenvalue weighted by molar-refractivity contribution is -0.0921. The van der Waals surface area contributed by atoms with Gasteiger partial charge in [-0.15, -0.1) is 0 Å². The molecule has 0 bridgehead atoms. The molecule has 2 aliphatic rings. The molecule has 0 spiro atoms. The van der Waals surface area contributed by atoms with E-state index in [9.17, 15) is 23.4 Å². The SMILES string of the molecule is CC(CN)CN(C[C@](O)(C1COC2OCCC21)[C@H](Cc1ccccc1)NC(=O)O)S(=O)(=O)c1ccccc1. The fraction of sp³-hybridized carbons (Fsp3) is 0.519. The van der Waals surface area contributed by atoms with Gasteiger partial charge >= 0.3 is 6.09 Å². The molecule has 2 heterocycles. The van der Waals surface area contributed by atoms with E-state index in [-0.39, 0.29) is 49.4 Å². The highest BCUT2D eigenvalue weighted by molar-refractivity contribution is 7.89. The normalized spacial score (nSPS) is 24.5. The first kappa shape index (κ1) is 28.5. The molecule has 10 nitrogen and oxygen atoms in total. The van der Waals surface area contributed by atoms with E-state index in [0.717, 1.165) is 5.56 Å². The summed E-state index contributed by atoms with van der Waals surface area (Å²) in [5.74, 6) is -0.987. The van der Waals surface area contributed by atoms with E-state index in [0.29, 0.717) is 13.0 Å². The van der Waals surface area contributed by atoms with Gasteiger partial charge in [-0.05, 0) is 43.0 Å². The van der Waals surface area contributed by atoms with Gasteiger partial charge in [0, 0.05) is 24.9 Å². The zero-order valence-corrected chi connectivity index (χ0v) is 22.3. The summed E-state index contributed by atoms with van der Waals surface area (Å²) in [5, 5.41) is 24.9. The lowest BCUT2D eigenvalue weighted by Gasteiger charge is -2.44. The minimum Gasteiger partial charge on any atom is -0.465 e. The van der Waals surface area contributed by atoms with Gasteiger partial charge < -0.3 is 30.7 Å². The summed E-state index contributed by atoms with van der Waals surface area (Å²) in [6, 6.07) is 16.2. The molecule has 0 aromatic heterocycles. The lowest BCUT2D eigenvalue weighted by atomic mass is 9.73. The molecule has 1 amide bonds. The standard InChI is InChI=1S/C27H37N3O7S/c1-19(15-28)16-30(38(34,35)21-10-6-3-7-11-21)18-27(33,23-17-37-25-22(23)12-13-36-25)24(29-26(31)32)14-20-8-4-2-5-9-20/h2-11,19,22-25,29,33H,12-18,28H2,1H3,(H,31,32)/t19?,22?,23?,24-,25?,27-/m0/s1. The predicted octanol–water partition coefficient (Wildman–Crippen LogP) is 1.89. The van der Waals surface area contributed by atoms with E-state index in [4.69, 9.17) is 15.2 Å².